The quantitative estimate of drug-likeness (QED) is 0.429. The lowest BCUT2D eigenvalue weighted by atomic mass is 10.1. The lowest BCUT2D eigenvalue weighted by Gasteiger charge is -2.07. The molecule has 0 aliphatic carbocycles. The number of aromatic nitrogens is 1. The van der Waals surface area contributed by atoms with Gasteiger partial charge in [0.1, 0.15) is 5.75 Å². The molecule has 0 saturated carbocycles. The second kappa shape index (κ2) is 9.23. The van der Waals surface area contributed by atoms with E-state index in [2.05, 4.69) is 15.5 Å². The molecule has 0 aliphatic rings. The number of aryl methyl sites for hydroxylation is 1. The minimum absolute atomic E-state index is 0.654. The van der Waals surface area contributed by atoms with Gasteiger partial charge in [-0.15, -0.1) is 11.3 Å². The number of hydrazone groups is 1. The Labute approximate surface area is 168 Å². The van der Waals surface area contributed by atoms with Gasteiger partial charge in [0.15, 0.2) is 11.5 Å². The molecule has 0 bridgehead atoms. The number of nitrogens with one attached hydrogen (secondary N) is 1. The molecule has 3 aromatic rings. The number of nitrogens with zero attached hydrogens (tertiary/aromatic N) is 2. The molecule has 3 rings (SSSR count). The van der Waals surface area contributed by atoms with Crippen LogP contribution in [0.1, 0.15) is 17.4 Å². The van der Waals surface area contributed by atoms with Crippen LogP contribution in [0, 0.1) is 6.92 Å². The van der Waals surface area contributed by atoms with Gasteiger partial charge >= 0.3 is 0 Å². The van der Waals surface area contributed by atoms with Crippen molar-refractivity contribution in [2.45, 2.75) is 13.8 Å². The Morgan fingerprint density at radius 1 is 1.07 bits per heavy atom. The van der Waals surface area contributed by atoms with Crippen molar-refractivity contribution in [2.24, 2.45) is 5.10 Å². The zero-order valence-corrected chi connectivity index (χ0v) is 17.2. The highest BCUT2D eigenvalue weighted by Gasteiger charge is 2.10. The van der Waals surface area contributed by atoms with E-state index < -0.39 is 0 Å². The van der Waals surface area contributed by atoms with Crippen molar-refractivity contribution in [1.82, 2.24) is 4.98 Å². The molecule has 6 nitrogen and oxygen atoms in total. The average Bonchev–Trinajstić information content (AvgIpc) is 3.09. The molecule has 0 unspecified atom stereocenters. The molecule has 0 amide bonds. The van der Waals surface area contributed by atoms with Crippen LogP contribution in [-0.2, 0) is 0 Å². The van der Waals surface area contributed by atoms with Crippen LogP contribution in [0.15, 0.2) is 47.6 Å². The van der Waals surface area contributed by atoms with Crippen LogP contribution in [0.4, 0.5) is 5.13 Å². The van der Waals surface area contributed by atoms with E-state index in [0.717, 1.165) is 32.6 Å². The van der Waals surface area contributed by atoms with E-state index in [1.807, 2.05) is 56.3 Å². The molecular weight excluding hydrogens is 374 g/mol. The fourth-order valence-corrected chi connectivity index (χ4v) is 3.47. The van der Waals surface area contributed by atoms with Crippen LogP contribution in [0.3, 0.4) is 0 Å². The molecule has 0 fully saturated rings. The minimum Gasteiger partial charge on any atom is -0.494 e. The Morgan fingerprint density at radius 3 is 2.50 bits per heavy atom. The van der Waals surface area contributed by atoms with Gasteiger partial charge in [0, 0.05) is 10.4 Å². The summed E-state index contributed by atoms with van der Waals surface area (Å²) in [5.74, 6) is 2.20. The Kier molecular flexibility index (Phi) is 6.49. The highest BCUT2D eigenvalue weighted by Crippen LogP contribution is 2.31. The van der Waals surface area contributed by atoms with Gasteiger partial charge in [0.05, 0.1) is 32.7 Å². The zero-order valence-electron chi connectivity index (χ0n) is 16.4. The summed E-state index contributed by atoms with van der Waals surface area (Å²) in [5.41, 5.74) is 5.89. The van der Waals surface area contributed by atoms with Gasteiger partial charge in [0.2, 0.25) is 5.13 Å². The monoisotopic (exact) mass is 397 g/mol. The van der Waals surface area contributed by atoms with Crippen LogP contribution in [0.5, 0.6) is 17.2 Å². The smallest absolute Gasteiger partial charge is 0.204 e. The molecule has 1 heterocycles. The highest BCUT2D eigenvalue weighted by molar-refractivity contribution is 7.15. The van der Waals surface area contributed by atoms with Gasteiger partial charge < -0.3 is 14.2 Å². The summed E-state index contributed by atoms with van der Waals surface area (Å²) in [6.45, 7) is 4.67. The van der Waals surface area contributed by atoms with E-state index >= 15 is 0 Å². The second-order valence-electron chi connectivity index (χ2n) is 5.87. The molecule has 0 spiro atoms. The fourth-order valence-electron chi connectivity index (χ4n) is 2.68. The summed E-state index contributed by atoms with van der Waals surface area (Å²) in [5, 5.41) is 5.02. The van der Waals surface area contributed by atoms with Gasteiger partial charge in [-0.2, -0.15) is 5.10 Å². The Balaban J connectivity index is 1.70. The molecule has 1 N–H and O–H groups in total. The van der Waals surface area contributed by atoms with Crippen LogP contribution in [0.2, 0.25) is 0 Å². The van der Waals surface area contributed by atoms with Crippen molar-refractivity contribution >= 4 is 22.7 Å². The first-order valence-electron chi connectivity index (χ1n) is 8.86. The fraction of sp³-hybridized carbons (Fsp3) is 0.238. The van der Waals surface area contributed by atoms with Crippen molar-refractivity contribution < 1.29 is 14.2 Å². The topological polar surface area (TPSA) is 65.0 Å². The van der Waals surface area contributed by atoms with Crippen molar-refractivity contribution in [3.8, 4) is 28.5 Å². The normalized spacial score (nSPS) is 10.9. The number of hydrogen-bond donors (Lipinski definition) is 1. The van der Waals surface area contributed by atoms with E-state index in [9.17, 15) is 0 Å². The Hall–Kier alpha value is -3.06. The predicted octanol–water partition coefficient (Wildman–Crippen LogP) is 4.98. The third-order valence-corrected chi connectivity index (χ3v) is 4.89. The first kappa shape index (κ1) is 19.7. The predicted molar refractivity (Wildman–Crippen MR) is 114 cm³/mol. The maximum Gasteiger partial charge on any atom is 0.204 e. The zero-order chi connectivity index (χ0) is 19.9. The van der Waals surface area contributed by atoms with Crippen LogP contribution < -0.4 is 19.6 Å². The lowest BCUT2D eigenvalue weighted by molar-refractivity contribution is 0.340. The van der Waals surface area contributed by atoms with Gasteiger partial charge in [-0.05, 0) is 61.9 Å². The van der Waals surface area contributed by atoms with Gasteiger partial charge in [0.25, 0.3) is 0 Å². The van der Waals surface area contributed by atoms with Gasteiger partial charge in [-0.1, -0.05) is 0 Å². The molecule has 2 aromatic carbocycles. The standard InChI is InChI=1S/C21H23N3O3S/c1-5-27-17-9-7-16(8-10-17)20-14(2)28-21(23-20)24-22-13-15-6-11-18(25-3)19(12-15)26-4/h6-13H,5H2,1-4H3,(H,23,24)/b22-13-. The molecule has 28 heavy (non-hydrogen) atoms. The minimum atomic E-state index is 0.654. The highest BCUT2D eigenvalue weighted by atomic mass is 32.1. The van der Waals surface area contributed by atoms with Gasteiger partial charge in [-0.3, -0.25) is 5.43 Å². The van der Waals surface area contributed by atoms with E-state index in [0.29, 0.717) is 18.1 Å². The Morgan fingerprint density at radius 2 is 1.82 bits per heavy atom. The molecule has 0 saturated heterocycles. The number of thiazole rings is 1. The number of methoxy groups -OCH3 is 2. The summed E-state index contributed by atoms with van der Waals surface area (Å²) < 4.78 is 16.0. The van der Waals surface area contributed by atoms with E-state index in [-0.39, 0.29) is 0 Å². The van der Waals surface area contributed by atoms with Crippen LogP contribution in [0.25, 0.3) is 11.3 Å². The average molecular weight is 398 g/mol. The van der Waals surface area contributed by atoms with E-state index in [1.165, 1.54) is 0 Å². The molecule has 7 heteroatoms. The molecule has 0 radical (unpaired) electrons. The number of ether oxygens (including phenoxy) is 3. The third-order valence-electron chi connectivity index (χ3n) is 4.02. The van der Waals surface area contributed by atoms with Crippen molar-refractivity contribution in [3.63, 3.8) is 0 Å². The summed E-state index contributed by atoms with van der Waals surface area (Å²) in [4.78, 5) is 5.77. The molecule has 1 aromatic heterocycles. The van der Waals surface area contributed by atoms with Gasteiger partial charge in [-0.25, -0.2) is 4.98 Å². The van der Waals surface area contributed by atoms with Crippen molar-refractivity contribution in [2.75, 3.05) is 26.3 Å². The maximum absolute atomic E-state index is 5.49. The first-order chi connectivity index (χ1) is 13.6. The van der Waals surface area contributed by atoms with Crippen LogP contribution in [-0.4, -0.2) is 32.0 Å². The number of hydrogen-bond acceptors (Lipinski definition) is 7. The van der Waals surface area contributed by atoms with Crippen molar-refractivity contribution in [1.29, 1.82) is 0 Å². The number of benzene rings is 2. The Bertz CT molecular complexity index is 952. The first-order valence-corrected chi connectivity index (χ1v) is 9.68. The van der Waals surface area contributed by atoms with E-state index in [4.69, 9.17) is 14.2 Å². The third kappa shape index (κ3) is 4.61. The maximum atomic E-state index is 5.49. The SMILES string of the molecule is CCOc1ccc(-c2nc(N/N=C\c3ccc(OC)c(OC)c3)sc2C)cc1. The van der Waals surface area contributed by atoms with Crippen LogP contribution >= 0.6 is 11.3 Å². The lowest BCUT2D eigenvalue weighted by Crippen LogP contribution is -1.94. The molecule has 0 aliphatic heterocycles. The van der Waals surface area contributed by atoms with Crippen molar-refractivity contribution in [3.05, 3.63) is 52.9 Å². The summed E-state index contributed by atoms with van der Waals surface area (Å²) in [6.07, 6.45) is 1.72. The largest absolute Gasteiger partial charge is 0.494 e. The number of anilines is 1. The second-order valence-corrected chi connectivity index (χ2v) is 7.07. The summed E-state index contributed by atoms with van der Waals surface area (Å²) in [6, 6.07) is 13.6. The summed E-state index contributed by atoms with van der Waals surface area (Å²) >= 11 is 1.56. The van der Waals surface area contributed by atoms with E-state index in [1.54, 1.807) is 31.8 Å². The number of rotatable bonds is 8. The molecule has 146 valence electrons. The molecular formula is C21H23N3O3S. The summed E-state index contributed by atoms with van der Waals surface area (Å²) in [7, 11) is 3.22. The molecule has 0 atom stereocenters.